The van der Waals surface area contributed by atoms with Gasteiger partial charge in [-0.3, -0.25) is 5.10 Å². The van der Waals surface area contributed by atoms with Crippen LogP contribution in [0.1, 0.15) is 11.3 Å². The Labute approximate surface area is 105 Å². The molecular formula is C11H13N3O3S. The standard InChI is InChI=1S/C11H13N3O3S/c1-17-10-4-2-8(3-5-10)6-9-7-11(14-13-9)18(12,15)16/h2-5,7H,6H2,1H3,(H,13,14)(H2,12,15,16). The number of aromatic amines is 1. The molecule has 0 aliphatic heterocycles. The van der Waals surface area contributed by atoms with Crippen molar-refractivity contribution < 1.29 is 13.2 Å². The van der Waals surface area contributed by atoms with E-state index in [1.165, 1.54) is 6.07 Å². The van der Waals surface area contributed by atoms with Gasteiger partial charge in [0, 0.05) is 6.42 Å². The number of hydrogen-bond donors (Lipinski definition) is 2. The molecule has 0 amide bonds. The number of ether oxygens (including phenoxy) is 1. The minimum atomic E-state index is -3.72. The van der Waals surface area contributed by atoms with Crippen LogP contribution in [0.4, 0.5) is 0 Å². The summed E-state index contributed by atoms with van der Waals surface area (Å²) >= 11 is 0. The van der Waals surface area contributed by atoms with Crippen LogP contribution in [0.15, 0.2) is 35.4 Å². The molecule has 0 bridgehead atoms. The lowest BCUT2D eigenvalue weighted by Gasteiger charge is -2.01. The van der Waals surface area contributed by atoms with Crippen LogP contribution in [-0.2, 0) is 16.4 Å². The fourth-order valence-corrected chi connectivity index (χ4v) is 2.00. The molecule has 7 heteroatoms. The van der Waals surface area contributed by atoms with Gasteiger partial charge in [-0.1, -0.05) is 12.1 Å². The van der Waals surface area contributed by atoms with Gasteiger partial charge in [-0.25, -0.2) is 13.6 Å². The molecule has 1 heterocycles. The van der Waals surface area contributed by atoms with Crippen molar-refractivity contribution in [1.29, 1.82) is 0 Å². The molecule has 96 valence electrons. The monoisotopic (exact) mass is 267 g/mol. The average molecular weight is 267 g/mol. The molecule has 0 aliphatic carbocycles. The molecular weight excluding hydrogens is 254 g/mol. The Morgan fingerprint density at radius 3 is 2.50 bits per heavy atom. The lowest BCUT2D eigenvalue weighted by atomic mass is 10.1. The highest BCUT2D eigenvalue weighted by Gasteiger charge is 2.11. The molecule has 0 unspecified atom stereocenters. The topological polar surface area (TPSA) is 98.1 Å². The van der Waals surface area contributed by atoms with Crippen LogP contribution in [0.2, 0.25) is 0 Å². The molecule has 0 saturated carbocycles. The molecule has 3 N–H and O–H groups in total. The maximum Gasteiger partial charge on any atom is 0.254 e. The highest BCUT2D eigenvalue weighted by molar-refractivity contribution is 7.89. The molecule has 6 nitrogen and oxygen atoms in total. The average Bonchev–Trinajstić information content (AvgIpc) is 2.78. The van der Waals surface area contributed by atoms with Gasteiger partial charge < -0.3 is 4.74 Å². The molecule has 2 rings (SSSR count). The zero-order valence-electron chi connectivity index (χ0n) is 9.75. The van der Waals surface area contributed by atoms with Crippen molar-refractivity contribution in [2.45, 2.75) is 11.4 Å². The van der Waals surface area contributed by atoms with E-state index < -0.39 is 10.0 Å². The second-order valence-corrected chi connectivity index (χ2v) is 5.32. The molecule has 18 heavy (non-hydrogen) atoms. The van der Waals surface area contributed by atoms with E-state index in [4.69, 9.17) is 9.88 Å². The summed E-state index contributed by atoms with van der Waals surface area (Å²) in [6.45, 7) is 0. The summed E-state index contributed by atoms with van der Waals surface area (Å²) in [4.78, 5) is 0. The van der Waals surface area contributed by atoms with Gasteiger partial charge in [0.1, 0.15) is 5.75 Å². The maximum atomic E-state index is 11.1. The first kappa shape index (κ1) is 12.6. The van der Waals surface area contributed by atoms with Crippen molar-refractivity contribution in [2.24, 2.45) is 5.14 Å². The van der Waals surface area contributed by atoms with Gasteiger partial charge in [-0.15, -0.1) is 0 Å². The molecule has 0 atom stereocenters. The normalized spacial score (nSPS) is 11.4. The Morgan fingerprint density at radius 1 is 1.33 bits per heavy atom. The summed E-state index contributed by atoms with van der Waals surface area (Å²) in [5.41, 5.74) is 1.62. The van der Waals surface area contributed by atoms with Crippen LogP contribution in [0, 0.1) is 0 Å². The third-order valence-electron chi connectivity index (χ3n) is 2.46. The first-order valence-electron chi connectivity index (χ1n) is 5.19. The largest absolute Gasteiger partial charge is 0.497 e. The lowest BCUT2D eigenvalue weighted by molar-refractivity contribution is 0.414. The van der Waals surface area contributed by atoms with Gasteiger partial charge in [-0.2, -0.15) is 5.10 Å². The van der Waals surface area contributed by atoms with Gasteiger partial charge in [0.15, 0.2) is 5.03 Å². The van der Waals surface area contributed by atoms with E-state index in [0.29, 0.717) is 12.1 Å². The van der Waals surface area contributed by atoms with Crippen molar-refractivity contribution >= 4 is 10.0 Å². The van der Waals surface area contributed by atoms with Crippen LogP contribution in [0.5, 0.6) is 5.75 Å². The van der Waals surface area contributed by atoms with Gasteiger partial charge in [0.05, 0.1) is 12.8 Å². The predicted molar refractivity (Wildman–Crippen MR) is 65.8 cm³/mol. The van der Waals surface area contributed by atoms with Gasteiger partial charge >= 0.3 is 0 Å². The molecule has 0 saturated heterocycles. The number of sulfonamides is 1. The van der Waals surface area contributed by atoms with Crippen molar-refractivity contribution in [1.82, 2.24) is 10.2 Å². The van der Waals surface area contributed by atoms with Crippen LogP contribution in [0.3, 0.4) is 0 Å². The molecule has 2 aromatic rings. The van der Waals surface area contributed by atoms with Gasteiger partial charge in [0.2, 0.25) is 0 Å². The highest BCUT2D eigenvalue weighted by Crippen LogP contribution is 2.15. The first-order chi connectivity index (χ1) is 8.49. The molecule has 0 radical (unpaired) electrons. The Kier molecular flexibility index (Phi) is 3.35. The predicted octanol–water partition coefficient (Wildman–Crippen LogP) is 0.656. The number of nitrogens with zero attached hydrogens (tertiary/aromatic N) is 1. The second-order valence-electron chi connectivity index (χ2n) is 3.79. The maximum absolute atomic E-state index is 11.1. The number of hydrogen-bond acceptors (Lipinski definition) is 4. The van der Waals surface area contributed by atoms with Crippen molar-refractivity contribution in [3.05, 3.63) is 41.6 Å². The molecule has 0 spiro atoms. The Hall–Kier alpha value is -1.86. The summed E-state index contributed by atoms with van der Waals surface area (Å²) in [6, 6.07) is 8.89. The van der Waals surface area contributed by atoms with E-state index in [-0.39, 0.29) is 5.03 Å². The van der Waals surface area contributed by atoms with E-state index in [1.807, 2.05) is 24.3 Å². The van der Waals surface area contributed by atoms with Crippen LogP contribution < -0.4 is 9.88 Å². The number of methoxy groups -OCH3 is 1. The number of primary sulfonamides is 1. The highest BCUT2D eigenvalue weighted by atomic mass is 32.2. The number of nitrogens with two attached hydrogens (primary N) is 1. The molecule has 0 fully saturated rings. The van der Waals surface area contributed by atoms with Gasteiger partial charge in [0.25, 0.3) is 10.0 Å². The van der Waals surface area contributed by atoms with Crippen LogP contribution >= 0.6 is 0 Å². The fourth-order valence-electron chi connectivity index (χ4n) is 1.53. The van der Waals surface area contributed by atoms with Crippen LogP contribution in [0.25, 0.3) is 0 Å². The second kappa shape index (κ2) is 4.79. The van der Waals surface area contributed by atoms with Crippen molar-refractivity contribution in [3.8, 4) is 5.75 Å². The summed E-state index contributed by atoms with van der Waals surface area (Å²) in [7, 11) is -2.12. The molecule has 1 aromatic heterocycles. The number of benzene rings is 1. The molecule has 0 aliphatic rings. The smallest absolute Gasteiger partial charge is 0.254 e. The number of H-pyrrole nitrogens is 1. The quantitative estimate of drug-likeness (QED) is 0.850. The minimum Gasteiger partial charge on any atom is -0.497 e. The summed E-state index contributed by atoms with van der Waals surface area (Å²) < 4.78 is 27.2. The third-order valence-corrected chi connectivity index (χ3v) is 3.28. The van der Waals surface area contributed by atoms with E-state index in [9.17, 15) is 8.42 Å². The molecule has 1 aromatic carbocycles. The van der Waals surface area contributed by atoms with Crippen molar-refractivity contribution in [3.63, 3.8) is 0 Å². The third kappa shape index (κ3) is 2.88. The summed E-state index contributed by atoms with van der Waals surface area (Å²) in [6.07, 6.45) is 0.524. The number of rotatable bonds is 4. The summed E-state index contributed by atoms with van der Waals surface area (Å²) in [5.74, 6) is 0.769. The van der Waals surface area contributed by atoms with E-state index in [2.05, 4.69) is 10.2 Å². The minimum absolute atomic E-state index is 0.0778. The Morgan fingerprint density at radius 2 is 2.00 bits per heavy atom. The SMILES string of the molecule is COc1ccc(Cc2cc(S(N)(=O)=O)[nH]n2)cc1. The Balaban J connectivity index is 2.16. The lowest BCUT2D eigenvalue weighted by Crippen LogP contribution is -2.12. The Bertz CT molecular complexity index is 632. The van der Waals surface area contributed by atoms with E-state index in [0.717, 1.165) is 11.3 Å². The van der Waals surface area contributed by atoms with Crippen LogP contribution in [-0.4, -0.2) is 25.7 Å². The van der Waals surface area contributed by atoms with E-state index in [1.54, 1.807) is 7.11 Å². The van der Waals surface area contributed by atoms with Gasteiger partial charge in [-0.05, 0) is 23.8 Å². The van der Waals surface area contributed by atoms with E-state index >= 15 is 0 Å². The summed E-state index contributed by atoms with van der Waals surface area (Å²) in [5, 5.41) is 11.2. The number of aromatic nitrogens is 2. The first-order valence-corrected chi connectivity index (χ1v) is 6.73. The zero-order chi connectivity index (χ0) is 13.2. The van der Waals surface area contributed by atoms with Crippen molar-refractivity contribution in [2.75, 3.05) is 7.11 Å². The zero-order valence-corrected chi connectivity index (χ0v) is 10.6. The number of nitrogens with one attached hydrogen (secondary N) is 1. The fraction of sp³-hybridized carbons (Fsp3) is 0.182.